The Hall–Kier alpha value is -1.65. The second-order valence-electron chi connectivity index (χ2n) is 5.01. The Bertz CT molecular complexity index is 437. The van der Waals surface area contributed by atoms with E-state index in [0.29, 0.717) is 17.7 Å². The summed E-state index contributed by atoms with van der Waals surface area (Å²) in [5.74, 6) is 0.686. The highest BCUT2D eigenvalue weighted by atomic mass is 15.3. The number of aryl methyl sites for hydroxylation is 1. The molecule has 5 heteroatoms. The minimum atomic E-state index is -0.00112. The van der Waals surface area contributed by atoms with Crippen LogP contribution >= 0.6 is 0 Å². The number of hydrogen-bond donors (Lipinski definition) is 2. The van der Waals surface area contributed by atoms with Crippen molar-refractivity contribution < 1.29 is 0 Å². The maximum absolute atomic E-state index is 7.48. The van der Waals surface area contributed by atoms with Crippen LogP contribution in [0.3, 0.4) is 0 Å². The van der Waals surface area contributed by atoms with Crippen molar-refractivity contribution in [3.8, 4) is 0 Å². The normalized spacial score (nSPS) is 16.6. The summed E-state index contributed by atoms with van der Waals surface area (Å²) in [6, 6.07) is 2.26. The number of hydrogen-bond acceptors (Lipinski definition) is 4. The minimum Gasteiger partial charge on any atom is -0.382 e. The van der Waals surface area contributed by atoms with E-state index in [4.69, 9.17) is 11.1 Å². The summed E-state index contributed by atoms with van der Waals surface area (Å²) in [6.07, 6.45) is 6.28. The largest absolute Gasteiger partial charge is 0.382 e. The summed E-state index contributed by atoms with van der Waals surface area (Å²) in [7, 11) is 2.04. The molecule has 0 saturated heterocycles. The summed E-state index contributed by atoms with van der Waals surface area (Å²) < 4.78 is 0. The molecule has 0 bridgehead atoms. The maximum atomic E-state index is 7.48. The van der Waals surface area contributed by atoms with Crippen molar-refractivity contribution in [2.75, 3.05) is 11.9 Å². The smallest absolute Gasteiger partial charge is 0.226 e. The quantitative estimate of drug-likeness (QED) is 0.631. The Morgan fingerprint density at radius 1 is 1.33 bits per heavy atom. The molecule has 1 saturated carbocycles. The molecule has 1 aliphatic rings. The van der Waals surface area contributed by atoms with Crippen molar-refractivity contribution in [3.63, 3.8) is 0 Å². The predicted molar refractivity (Wildman–Crippen MR) is 73.1 cm³/mol. The standard InChI is InChI=1S/C13H21N5/c1-9-8-11(12(14)15)17-13(16-9)18(2)10-6-4-3-5-7-10/h8,10H,3-7H2,1-2H3,(H3,14,15). The number of anilines is 1. The monoisotopic (exact) mass is 247 g/mol. The van der Waals surface area contributed by atoms with Crippen LogP contribution in [0, 0.1) is 12.3 Å². The lowest BCUT2D eigenvalue weighted by Crippen LogP contribution is -2.35. The predicted octanol–water partition coefficient (Wildman–Crippen LogP) is 1.84. The SMILES string of the molecule is Cc1cc(C(=N)N)nc(N(C)C2CCCCC2)n1. The van der Waals surface area contributed by atoms with Gasteiger partial charge in [0, 0.05) is 18.8 Å². The highest BCUT2D eigenvalue weighted by Gasteiger charge is 2.20. The van der Waals surface area contributed by atoms with E-state index in [9.17, 15) is 0 Å². The van der Waals surface area contributed by atoms with Gasteiger partial charge in [0.2, 0.25) is 5.95 Å². The first-order chi connectivity index (χ1) is 8.58. The Balaban J connectivity index is 2.23. The van der Waals surface area contributed by atoms with Crippen molar-refractivity contribution >= 4 is 11.8 Å². The molecule has 0 atom stereocenters. The molecule has 0 aliphatic heterocycles. The van der Waals surface area contributed by atoms with E-state index in [-0.39, 0.29) is 5.84 Å². The first-order valence-electron chi connectivity index (χ1n) is 6.51. The molecule has 1 aromatic heterocycles. The Morgan fingerprint density at radius 3 is 2.61 bits per heavy atom. The fourth-order valence-corrected chi connectivity index (χ4v) is 2.48. The molecule has 0 aromatic carbocycles. The third kappa shape index (κ3) is 2.78. The Labute approximate surface area is 108 Å². The molecule has 1 aromatic rings. The zero-order valence-corrected chi connectivity index (χ0v) is 11.1. The van der Waals surface area contributed by atoms with Crippen molar-refractivity contribution in [3.05, 3.63) is 17.5 Å². The molecule has 98 valence electrons. The fourth-order valence-electron chi connectivity index (χ4n) is 2.48. The first kappa shape index (κ1) is 12.8. The van der Waals surface area contributed by atoms with Gasteiger partial charge >= 0.3 is 0 Å². The molecule has 1 fully saturated rings. The average Bonchev–Trinajstić information content (AvgIpc) is 2.38. The van der Waals surface area contributed by atoms with E-state index in [2.05, 4.69) is 14.9 Å². The number of nitrogens with one attached hydrogen (secondary N) is 1. The maximum Gasteiger partial charge on any atom is 0.226 e. The lowest BCUT2D eigenvalue weighted by atomic mass is 9.95. The summed E-state index contributed by atoms with van der Waals surface area (Å²) in [4.78, 5) is 11.0. The summed E-state index contributed by atoms with van der Waals surface area (Å²) in [5.41, 5.74) is 6.87. The molecule has 1 aliphatic carbocycles. The van der Waals surface area contributed by atoms with Gasteiger partial charge < -0.3 is 10.6 Å². The molecule has 0 radical (unpaired) electrons. The minimum absolute atomic E-state index is 0.00112. The Kier molecular flexibility index (Phi) is 3.79. The van der Waals surface area contributed by atoms with Gasteiger partial charge in [-0.3, -0.25) is 5.41 Å². The molecule has 3 N–H and O–H groups in total. The van der Waals surface area contributed by atoms with Crippen LogP contribution in [-0.2, 0) is 0 Å². The van der Waals surface area contributed by atoms with Crippen molar-refractivity contribution in [2.45, 2.75) is 45.1 Å². The van der Waals surface area contributed by atoms with Gasteiger partial charge in [-0.05, 0) is 25.8 Å². The van der Waals surface area contributed by atoms with Crippen LogP contribution < -0.4 is 10.6 Å². The van der Waals surface area contributed by atoms with Crippen LogP contribution in [0.5, 0.6) is 0 Å². The topological polar surface area (TPSA) is 78.9 Å². The van der Waals surface area contributed by atoms with Crippen LogP contribution in [0.1, 0.15) is 43.5 Å². The van der Waals surface area contributed by atoms with Gasteiger partial charge in [0.15, 0.2) is 0 Å². The van der Waals surface area contributed by atoms with Crippen LogP contribution in [-0.4, -0.2) is 28.9 Å². The van der Waals surface area contributed by atoms with Crippen LogP contribution in [0.15, 0.2) is 6.07 Å². The zero-order chi connectivity index (χ0) is 13.1. The molecular formula is C13H21N5. The van der Waals surface area contributed by atoms with Crippen LogP contribution in [0.4, 0.5) is 5.95 Å². The highest BCUT2D eigenvalue weighted by Crippen LogP contribution is 2.24. The van der Waals surface area contributed by atoms with E-state index in [1.54, 1.807) is 6.07 Å². The van der Waals surface area contributed by atoms with Gasteiger partial charge in [-0.1, -0.05) is 19.3 Å². The molecular weight excluding hydrogens is 226 g/mol. The molecule has 2 rings (SSSR count). The number of nitrogens with two attached hydrogens (primary N) is 1. The summed E-state index contributed by atoms with van der Waals surface area (Å²) in [6.45, 7) is 1.91. The average molecular weight is 247 g/mol. The van der Waals surface area contributed by atoms with Crippen LogP contribution in [0.2, 0.25) is 0 Å². The molecule has 0 spiro atoms. The van der Waals surface area contributed by atoms with Gasteiger partial charge in [-0.15, -0.1) is 0 Å². The molecule has 0 unspecified atom stereocenters. The third-order valence-corrected chi connectivity index (χ3v) is 3.56. The zero-order valence-electron chi connectivity index (χ0n) is 11.1. The molecule has 0 amide bonds. The van der Waals surface area contributed by atoms with Gasteiger partial charge in [0.05, 0.1) is 0 Å². The molecule has 18 heavy (non-hydrogen) atoms. The number of aromatic nitrogens is 2. The second kappa shape index (κ2) is 5.33. The highest BCUT2D eigenvalue weighted by molar-refractivity contribution is 5.93. The van der Waals surface area contributed by atoms with Gasteiger partial charge in [0.1, 0.15) is 11.5 Å². The lowest BCUT2D eigenvalue weighted by Gasteiger charge is -2.31. The van der Waals surface area contributed by atoms with Gasteiger partial charge in [-0.2, -0.15) is 0 Å². The van der Waals surface area contributed by atoms with E-state index < -0.39 is 0 Å². The third-order valence-electron chi connectivity index (χ3n) is 3.56. The van der Waals surface area contributed by atoms with Crippen molar-refractivity contribution in [1.29, 1.82) is 5.41 Å². The van der Waals surface area contributed by atoms with E-state index in [0.717, 1.165) is 5.69 Å². The van der Waals surface area contributed by atoms with Gasteiger partial charge in [-0.25, -0.2) is 9.97 Å². The van der Waals surface area contributed by atoms with E-state index >= 15 is 0 Å². The number of rotatable bonds is 3. The molecule has 5 nitrogen and oxygen atoms in total. The number of nitrogens with zero attached hydrogens (tertiary/aromatic N) is 3. The van der Waals surface area contributed by atoms with Gasteiger partial charge in [0.25, 0.3) is 0 Å². The number of amidine groups is 1. The molecule has 1 heterocycles. The van der Waals surface area contributed by atoms with E-state index in [1.165, 1.54) is 32.1 Å². The lowest BCUT2D eigenvalue weighted by molar-refractivity contribution is 0.424. The second-order valence-corrected chi connectivity index (χ2v) is 5.01. The van der Waals surface area contributed by atoms with Crippen molar-refractivity contribution in [2.24, 2.45) is 5.73 Å². The fraction of sp³-hybridized carbons (Fsp3) is 0.615. The van der Waals surface area contributed by atoms with Crippen molar-refractivity contribution in [1.82, 2.24) is 9.97 Å². The Morgan fingerprint density at radius 2 is 2.00 bits per heavy atom. The first-order valence-corrected chi connectivity index (χ1v) is 6.51. The van der Waals surface area contributed by atoms with E-state index in [1.807, 2.05) is 14.0 Å². The summed E-state index contributed by atoms with van der Waals surface area (Å²) >= 11 is 0. The number of nitrogen functional groups attached to an aromatic ring is 1. The summed E-state index contributed by atoms with van der Waals surface area (Å²) in [5, 5.41) is 7.48. The van der Waals surface area contributed by atoms with Crippen LogP contribution in [0.25, 0.3) is 0 Å².